The van der Waals surface area contributed by atoms with Gasteiger partial charge in [-0.15, -0.1) is 0 Å². The summed E-state index contributed by atoms with van der Waals surface area (Å²) in [5, 5.41) is 0. The van der Waals surface area contributed by atoms with Gasteiger partial charge in [0.2, 0.25) is 0 Å². The molecule has 0 aliphatic heterocycles. The molecule has 1 nitrogen and oxygen atoms in total. The molecule has 118 valence electrons. The zero-order valence-electron chi connectivity index (χ0n) is 13.9. The van der Waals surface area contributed by atoms with Crippen molar-refractivity contribution >= 4 is 6.21 Å². The number of hydrogen-bond acceptors (Lipinski definition) is 1. The monoisotopic (exact) mass is 287 g/mol. The van der Waals surface area contributed by atoms with Crippen molar-refractivity contribution in [3.8, 4) is 0 Å². The van der Waals surface area contributed by atoms with Crippen molar-refractivity contribution in [1.82, 2.24) is 0 Å². The Kier molecular flexibility index (Phi) is 11.8. The molecule has 1 heteroatoms. The molecule has 0 spiro atoms. The summed E-state index contributed by atoms with van der Waals surface area (Å²) in [5.74, 6) is 0. The molecule has 0 saturated carbocycles. The molecule has 0 aliphatic carbocycles. The second-order valence-electron chi connectivity index (χ2n) is 5.98. The van der Waals surface area contributed by atoms with E-state index in [9.17, 15) is 0 Å². The van der Waals surface area contributed by atoms with Gasteiger partial charge in [-0.05, 0) is 12.0 Å². The van der Waals surface area contributed by atoms with Gasteiger partial charge in [0.05, 0.1) is 0 Å². The standard InChI is InChI=1S/C20H33N/c1-2-3-4-5-6-7-8-9-10-11-15-18-21-19-20-16-13-12-14-17-20/h12-14,16-17,19H,2-11,15,18H2,1H3. The summed E-state index contributed by atoms with van der Waals surface area (Å²) in [7, 11) is 0. The van der Waals surface area contributed by atoms with Gasteiger partial charge in [0, 0.05) is 12.8 Å². The van der Waals surface area contributed by atoms with Crippen LogP contribution in [0.5, 0.6) is 0 Å². The van der Waals surface area contributed by atoms with Crippen LogP contribution in [-0.2, 0) is 0 Å². The van der Waals surface area contributed by atoms with Crippen molar-refractivity contribution in [2.45, 2.75) is 77.6 Å². The van der Waals surface area contributed by atoms with Crippen molar-refractivity contribution in [2.75, 3.05) is 6.54 Å². The van der Waals surface area contributed by atoms with Crippen LogP contribution in [0, 0.1) is 0 Å². The van der Waals surface area contributed by atoms with E-state index in [4.69, 9.17) is 0 Å². The third-order valence-electron chi connectivity index (χ3n) is 3.93. The second-order valence-corrected chi connectivity index (χ2v) is 5.98. The Morgan fingerprint density at radius 1 is 0.714 bits per heavy atom. The smallest absolute Gasteiger partial charge is 0.0389 e. The predicted molar refractivity (Wildman–Crippen MR) is 95.4 cm³/mol. The summed E-state index contributed by atoms with van der Waals surface area (Å²) < 4.78 is 0. The maximum Gasteiger partial charge on any atom is 0.0389 e. The number of nitrogens with zero attached hydrogens (tertiary/aromatic N) is 1. The van der Waals surface area contributed by atoms with E-state index in [-0.39, 0.29) is 0 Å². The molecule has 21 heavy (non-hydrogen) atoms. The molecule has 0 heterocycles. The molecule has 0 N–H and O–H groups in total. The van der Waals surface area contributed by atoms with Crippen molar-refractivity contribution in [3.63, 3.8) is 0 Å². The molecule has 0 saturated heterocycles. The Hall–Kier alpha value is -1.11. The van der Waals surface area contributed by atoms with E-state index in [0.29, 0.717) is 0 Å². The highest BCUT2D eigenvalue weighted by Crippen LogP contribution is 2.11. The quantitative estimate of drug-likeness (QED) is 0.293. The van der Waals surface area contributed by atoms with Crippen LogP contribution in [0.1, 0.15) is 83.1 Å². The summed E-state index contributed by atoms with van der Waals surface area (Å²) in [6.45, 7) is 3.26. The molecule has 0 amide bonds. The lowest BCUT2D eigenvalue weighted by molar-refractivity contribution is 0.551. The first kappa shape index (κ1) is 17.9. The molecule has 0 unspecified atom stereocenters. The van der Waals surface area contributed by atoms with Crippen molar-refractivity contribution in [1.29, 1.82) is 0 Å². The Morgan fingerprint density at radius 3 is 1.81 bits per heavy atom. The van der Waals surface area contributed by atoms with Crippen LogP contribution >= 0.6 is 0 Å². The first-order chi connectivity index (χ1) is 10.4. The zero-order valence-corrected chi connectivity index (χ0v) is 13.9. The minimum Gasteiger partial charge on any atom is -0.293 e. The Bertz CT molecular complexity index is 342. The van der Waals surface area contributed by atoms with Crippen LogP contribution in [0.15, 0.2) is 35.3 Å². The molecular weight excluding hydrogens is 254 g/mol. The van der Waals surface area contributed by atoms with Crippen LogP contribution in [0.2, 0.25) is 0 Å². The topological polar surface area (TPSA) is 12.4 Å². The molecule has 0 aliphatic rings. The van der Waals surface area contributed by atoms with E-state index < -0.39 is 0 Å². The highest BCUT2D eigenvalue weighted by Gasteiger charge is 1.92. The van der Waals surface area contributed by atoms with Crippen molar-refractivity contribution < 1.29 is 0 Å². The second kappa shape index (κ2) is 13.9. The minimum absolute atomic E-state index is 0.978. The maximum absolute atomic E-state index is 4.49. The van der Waals surface area contributed by atoms with Gasteiger partial charge in [-0.2, -0.15) is 0 Å². The average molecular weight is 287 g/mol. The molecule has 0 aromatic heterocycles. The molecule has 0 bridgehead atoms. The van der Waals surface area contributed by atoms with Gasteiger partial charge in [0.1, 0.15) is 0 Å². The summed E-state index contributed by atoms with van der Waals surface area (Å²) in [6.07, 6.45) is 17.3. The number of unbranched alkanes of at least 4 members (excludes halogenated alkanes) is 10. The third-order valence-corrected chi connectivity index (χ3v) is 3.93. The Morgan fingerprint density at radius 2 is 1.24 bits per heavy atom. The summed E-state index contributed by atoms with van der Waals surface area (Å²) in [5.41, 5.74) is 1.21. The summed E-state index contributed by atoms with van der Waals surface area (Å²) in [6, 6.07) is 10.4. The molecule has 0 atom stereocenters. The van der Waals surface area contributed by atoms with Crippen LogP contribution < -0.4 is 0 Å². The molecule has 0 fully saturated rings. The van der Waals surface area contributed by atoms with Crippen molar-refractivity contribution in [2.24, 2.45) is 4.99 Å². The zero-order chi connectivity index (χ0) is 15.0. The first-order valence-corrected chi connectivity index (χ1v) is 8.98. The van der Waals surface area contributed by atoms with Crippen LogP contribution in [0.4, 0.5) is 0 Å². The van der Waals surface area contributed by atoms with E-state index in [1.54, 1.807) is 0 Å². The number of rotatable bonds is 13. The third kappa shape index (κ3) is 11.2. The van der Waals surface area contributed by atoms with Crippen LogP contribution in [-0.4, -0.2) is 12.8 Å². The Balaban J connectivity index is 1.82. The number of benzene rings is 1. The minimum atomic E-state index is 0.978. The Labute approximate surface area is 131 Å². The highest BCUT2D eigenvalue weighted by molar-refractivity contribution is 5.79. The molecule has 1 aromatic carbocycles. The number of aliphatic imine (C=N–C) groups is 1. The normalized spacial score (nSPS) is 11.3. The van der Waals surface area contributed by atoms with Gasteiger partial charge < -0.3 is 0 Å². The lowest BCUT2D eigenvalue weighted by atomic mass is 10.1. The SMILES string of the molecule is CCCCCCCCCCCCCN=Cc1ccccc1. The van der Waals surface area contributed by atoms with E-state index in [1.807, 2.05) is 12.3 Å². The average Bonchev–Trinajstić information content (AvgIpc) is 2.53. The first-order valence-electron chi connectivity index (χ1n) is 8.98. The summed E-state index contributed by atoms with van der Waals surface area (Å²) >= 11 is 0. The van der Waals surface area contributed by atoms with Gasteiger partial charge in [0.15, 0.2) is 0 Å². The van der Waals surface area contributed by atoms with Gasteiger partial charge in [-0.3, -0.25) is 4.99 Å². The molecule has 1 rings (SSSR count). The molecule has 1 aromatic rings. The van der Waals surface area contributed by atoms with Gasteiger partial charge in [-0.1, -0.05) is 101 Å². The van der Waals surface area contributed by atoms with Crippen LogP contribution in [0.3, 0.4) is 0 Å². The van der Waals surface area contributed by atoms with E-state index in [1.165, 1.54) is 76.2 Å². The fourth-order valence-corrected chi connectivity index (χ4v) is 2.58. The summed E-state index contributed by atoms with van der Waals surface area (Å²) in [4.78, 5) is 4.49. The molecular formula is C20H33N. The molecule has 0 radical (unpaired) electrons. The lowest BCUT2D eigenvalue weighted by Gasteiger charge is -2.01. The van der Waals surface area contributed by atoms with E-state index in [0.717, 1.165) is 6.54 Å². The van der Waals surface area contributed by atoms with Gasteiger partial charge in [-0.25, -0.2) is 0 Å². The maximum atomic E-state index is 4.49. The van der Waals surface area contributed by atoms with Crippen molar-refractivity contribution in [3.05, 3.63) is 35.9 Å². The fourth-order valence-electron chi connectivity index (χ4n) is 2.58. The van der Waals surface area contributed by atoms with E-state index >= 15 is 0 Å². The fraction of sp³-hybridized carbons (Fsp3) is 0.650. The largest absolute Gasteiger partial charge is 0.293 e. The van der Waals surface area contributed by atoms with Crippen LogP contribution in [0.25, 0.3) is 0 Å². The lowest BCUT2D eigenvalue weighted by Crippen LogP contribution is -1.86. The van der Waals surface area contributed by atoms with E-state index in [2.05, 4.69) is 36.2 Å². The predicted octanol–water partition coefficient (Wildman–Crippen LogP) is 6.42. The van der Waals surface area contributed by atoms with Gasteiger partial charge >= 0.3 is 0 Å². The highest BCUT2D eigenvalue weighted by atomic mass is 14.7. The van der Waals surface area contributed by atoms with Gasteiger partial charge in [0.25, 0.3) is 0 Å². The number of hydrogen-bond donors (Lipinski definition) is 0.